The number of nitrogens with one attached hydrogen (secondary N) is 6. The van der Waals surface area contributed by atoms with E-state index in [-0.39, 0.29) is 37.6 Å². The van der Waals surface area contributed by atoms with Crippen LogP contribution in [0.4, 0.5) is 0 Å². The van der Waals surface area contributed by atoms with Crippen molar-refractivity contribution in [1.82, 2.24) is 31.9 Å². The summed E-state index contributed by atoms with van der Waals surface area (Å²) < 4.78 is 0. The largest absolute Gasteiger partial charge is 0.368 e. The van der Waals surface area contributed by atoms with Crippen LogP contribution in [0.2, 0.25) is 0 Å². The molecule has 0 bridgehead atoms. The Morgan fingerprint density at radius 3 is 1.70 bits per heavy atom. The minimum atomic E-state index is -1.26. The fourth-order valence-electron chi connectivity index (χ4n) is 6.01. The highest BCUT2D eigenvalue weighted by molar-refractivity contribution is 7.98. The molecule has 0 radical (unpaired) electrons. The minimum Gasteiger partial charge on any atom is -0.368 e. The van der Waals surface area contributed by atoms with Crippen LogP contribution in [-0.4, -0.2) is 96.8 Å². The molecule has 1 fully saturated rings. The summed E-state index contributed by atoms with van der Waals surface area (Å²) in [5, 5.41) is 16.9. The van der Waals surface area contributed by atoms with Gasteiger partial charge in [-0.2, -0.15) is 11.8 Å². The Labute approximate surface area is 316 Å². The van der Waals surface area contributed by atoms with Gasteiger partial charge in [0, 0.05) is 19.4 Å². The molecule has 1 saturated heterocycles. The number of primary amides is 1. The van der Waals surface area contributed by atoms with Gasteiger partial charge in [-0.25, -0.2) is 0 Å². The van der Waals surface area contributed by atoms with E-state index >= 15 is 0 Å². The van der Waals surface area contributed by atoms with E-state index in [4.69, 9.17) is 11.5 Å². The highest BCUT2D eigenvalue weighted by Gasteiger charge is 2.33. The van der Waals surface area contributed by atoms with Crippen LogP contribution in [0, 0.1) is 5.92 Å². The summed E-state index contributed by atoms with van der Waals surface area (Å²) in [6.07, 6.45) is 5.22. The molecule has 290 valence electrons. The maximum atomic E-state index is 14.0. The quantitative estimate of drug-likeness (QED) is 0.0876. The van der Waals surface area contributed by atoms with Crippen molar-refractivity contribution in [1.29, 1.82) is 0 Å². The van der Waals surface area contributed by atoms with Crippen LogP contribution in [0.15, 0.2) is 60.7 Å². The van der Waals surface area contributed by atoms with Gasteiger partial charge in [0.1, 0.15) is 30.2 Å². The van der Waals surface area contributed by atoms with E-state index in [0.29, 0.717) is 25.1 Å². The first-order valence-corrected chi connectivity index (χ1v) is 19.6. The lowest BCUT2D eigenvalue weighted by Gasteiger charge is -2.28. The van der Waals surface area contributed by atoms with E-state index in [1.54, 1.807) is 0 Å². The molecule has 6 atom stereocenters. The molecule has 10 N–H and O–H groups in total. The molecule has 0 aliphatic carbocycles. The standard InChI is InChI=1S/C38H56N8O6S/c1-24(2)20-29(35(49)42-27(33(40)47)17-19-53-3)43-38(52)32(23-39)46-37(51)31(22-26-14-8-5-9-15-26)45-36(50)30(21-25-12-6-4-7-13-25)44-34(48)28-16-10-11-18-41-28/h4-9,12-15,24,27-32,41H,10-11,16-23,39H2,1-3H3,(H2,40,47)(H,42,49)(H,43,52)(H,44,48)(H,45,50)(H,46,51)/t27-,28-,29-,30-,31-,32-/m0/s1. The van der Waals surface area contributed by atoms with Crippen LogP contribution < -0.4 is 43.4 Å². The first-order valence-electron chi connectivity index (χ1n) is 18.2. The summed E-state index contributed by atoms with van der Waals surface area (Å²) in [5.41, 5.74) is 13.1. The number of hydrogen-bond donors (Lipinski definition) is 8. The Bertz CT molecular complexity index is 1490. The fourth-order valence-corrected chi connectivity index (χ4v) is 6.48. The predicted molar refractivity (Wildman–Crippen MR) is 206 cm³/mol. The summed E-state index contributed by atoms with van der Waals surface area (Å²) in [6, 6.07) is 12.5. The Hall–Kier alpha value is -4.47. The van der Waals surface area contributed by atoms with Gasteiger partial charge in [0.2, 0.25) is 35.4 Å². The molecule has 0 aromatic heterocycles. The van der Waals surface area contributed by atoms with Gasteiger partial charge in [0.25, 0.3) is 0 Å². The summed E-state index contributed by atoms with van der Waals surface area (Å²) >= 11 is 1.50. The number of amides is 6. The first kappa shape index (κ1) is 42.9. The number of piperidine rings is 1. The first-order chi connectivity index (χ1) is 25.4. The number of thioether (sulfide) groups is 1. The van der Waals surface area contributed by atoms with Crippen molar-refractivity contribution < 1.29 is 28.8 Å². The SMILES string of the molecule is CSCC[C@H](NC(=O)[C@H](CC(C)C)NC(=O)[C@H](CN)NC(=O)[C@H](Cc1ccccc1)NC(=O)[C@H](Cc1ccccc1)NC(=O)[C@@H]1CCCCN1)C(N)=O. The molecule has 0 spiro atoms. The molecule has 0 unspecified atom stereocenters. The summed E-state index contributed by atoms with van der Waals surface area (Å²) in [5.74, 6) is -2.94. The van der Waals surface area contributed by atoms with E-state index < -0.39 is 65.8 Å². The smallest absolute Gasteiger partial charge is 0.244 e. The van der Waals surface area contributed by atoms with Crippen molar-refractivity contribution in [2.75, 3.05) is 25.1 Å². The number of carbonyl (C=O) groups excluding carboxylic acids is 6. The van der Waals surface area contributed by atoms with Crippen LogP contribution in [0.5, 0.6) is 0 Å². The molecule has 2 aromatic rings. The zero-order valence-electron chi connectivity index (χ0n) is 30.9. The summed E-state index contributed by atoms with van der Waals surface area (Å²) in [4.78, 5) is 80.0. The molecule has 1 aliphatic heterocycles. The molecule has 3 rings (SSSR count). The maximum absolute atomic E-state index is 14.0. The van der Waals surface area contributed by atoms with E-state index in [2.05, 4.69) is 31.9 Å². The lowest BCUT2D eigenvalue weighted by Crippen LogP contribution is -2.61. The topological polar surface area (TPSA) is 227 Å². The van der Waals surface area contributed by atoms with Gasteiger partial charge < -0.3 is 43.4 Å². The number of hydrogen-bond acceptors (Lipinski definition) is 9. The van der Waals surface area contributed by atoms with Gasteiger partial charge >= 0.3 is 0 Å². The molecule has 1 aliphatic rings. The van der Waals surface area contributed by atoms with Gasteiger partial charge in [0.05, 0.1) is 6.04 Å². The number of carbonyl (C=O) groups is 6. The molecular weight excluding hydrogens is 697 g/mol. The third-order valence-electron chi connectivity index (χ3n) is 8.94. The van der Waals surface area contributed by atoms with Crippen molar-refractivity contribution in [2.45, 2.75) is 95.0 Å². The zero-order chi connectivity index (χ0) is 38.8. The Morgan fingerprint density at radius 1 is 0.717 bits per heavy atom. The van der Waals surface area contributed by atoms with Crippen molar-refractivity contribution in [3.8, 4) is 0 Å². The molecule has 0 saturated carbocycles. The highest BCUT2D eigenvalue weighted by Crippen LogP contribution is 2.12. The van der Waals surface area contributed by atoms with E-state index in [1.165, 1.54) is 11.8 Å². The fraction of sp³-hybridized carbons (Fsp3) is 0.526. The second-order valence-electron chi connectivity index (χ2n) is 13.7. The maximum Gasteiger partial charge on any atom is 0.244 e. The average molecular weight is 753 g/mol. The van der Waals surface area contributed by atoms with E-state index in [0.717, 1.165) is 24.0 Å². The number of benzene rings is 2. The van der Waals surface area contributed by atoms with Crippen molar-refractivity contribution >= 4 is 47.2 Å². The van der Waals surface area contributed by atoms with Gasteiger partial charge in [-0.3, -0.25) is 28.8 Å². The van der Waals surface area contributed by atoms with Crippen molar-refractivity contribution in [2.24, 2.45) is 17.4 Å². The van der Waals surface area contributed by atoms with Gasteiger partial charge in [-0.1, -0.05) is 80.9 Å². The summed E-state index contributed by atoms with van der Waals surface area (Å²) in [7, 11) is 0. The Morgan fingerprint density at radius 2 is 1.21 bits per heavy atom. The monoisotopic (exact) mass is 752 g/mol. The van der Waals surface area contributed by atoms with Crippen LogP contribution in [0.1, 0.15) is 57.1 Å². The van der Waals surface area contributed by atoms with E-state index in [9.17, 15) is 28.8 Å². The third kappa shape index (κ3) is 14.8. The molecule has 6 amide bonds. The lowest BCUT2D eigenvalue weighted by atomic mass is 10.0. The molecule has 2 aromatic carbocycles. The lowest BCUT2D eigenvalue weighted by molar-refractivity contribution is -0.135. The highest BCUT2D eigenvalue weighted by atomic mass is 32.2. The Kier molecular flexibility index (Phi) is 18.3. The molecule has 14 nitrogen and oxygen atoms in total. The predicted octanol–water partition coefficient (Wildman–Crippen LogP) is 0.281. The van der Waals surface area contributed by atoms with Crippen LogP contribution >= 0.6 is 11.8 Å². The van der Waals surface area contributed by atoms with Gasteiger partial charge in [-0.05, 0) is 61.3 Å². The third-order valence-corrected chi connectivity index (χ3v) is 9.58. The Balaban J connectivity index is 1.80. The minimum absolute atomic E-state index is 0.0149. The molecular formula is C38H56N8O6S. The number of nitrogens with two attached hydrogens (primary N) is 2. The van der Waals surface area contributed by atoms with E-state index in [1.807, 2.05) is 80.8 Å². The average Bonchev–Trinajstić information content (AvgIpc) is 3.15. The van der Waals surface area contributed by atoms with Gasteiger partial charge in [0.15, 0.2) is 0 Å². The van der Waals surface area contributed by atoms with Crippen LogP contribution in [-0.2, 0) is 41.6 Å². The summed E-state index contributed by atoms with van der Waals surface area (Å²) in [6.45, 7) is 4.16. The normalized spacial score (nSPS) is 17.0. The van der Waals surface area contributed by atoms with Crippen LogP contribution in [0.3, 0.4) is 0 Å². The molecule has 15 heteroatoms. The second kappa shape index (κ2) is 22.6. The zero-order valence-corrected chi connectivity index (χ0v) is 31.7. The second-order valence-corrected chi connectivity index (χ2v) is 14.7. The molecule has 53 heavy (non-hydrogen) atoms. The number of rotatable bonds is 21. The molecule has 1 heterocycles. The van der Waals surface area contributed by atoms with Crippen molar-refractivity contribution in [3.63, 3.8) is 0 Å². The van der Waals surface area contributed by atoms with Gasteiger partial charge in [-0.15, -0.1) is 0 Å². The van der Waals surface area contributed by atoms with Crippen molar-refractivity contribution in [3.05, 3.63) is 71.8 Å². The van der Waals surface area contributed by atoms with Crippen LogP contribution in [0.25, 0.3) is 0 Å².